The summed E-state index contributed by atoms with van der Waals surface area (Å²) in [4.78, 5) is 19.0. The van der Waals surface area contributed by atoms with Crippen LogP contribution in [-0.4, -0.2) is 92.5 Å². The summed E-state index contributed by atoms with van der Waals surface area (Å²) in [6.45, 7) is 10.2. The smallest absolute Gasteiger partial charge is 0.223 e. The van der Waals surface area contributed by atoms with E-state index in [1.54, 1.807) is 0 Å². The summed E-state index contributed by atoms with van der Waals surface area (Å²) in [6.07, 6.45) is 2.84. The number of amides is 1. The van der Waals surface area contributed by atoms with Gasteiger partial charge >= 0.3 is 0 Å². The Kier molecular flexibility index (Phi) is 5.57. The molecule has 3 rings (SSSR count). The number of hydrogen-bond acceptors (Lipinski definition) is 5. The molecule has 3 heterocycles. The van der Waals surface area contributed by atoms with E-state index in [1.807, 2.05) is 4.90 Å². The standard InChI is InChI=1S/C17H31N3O3/c1-17(22-13-14-23-17)15-3-6-19(7-4-15)8-5-16(21)20-11-9-18(2)10-12-20/h15H,3-14H2,1-2H3. The lowest BCUT2D eigenvalue weighted by Gasteiger charge is -2.39. The topological polar surface area (TPSA) is 45.2 Å². The van der Waals surface area contributed by atoms with E-state index in [0.717, 1.165) is 71.9 Å². The third-order valence-electron chi connectivity index (χ3n) is 5.69. The molecule has 23 heavy (non-hydrogen) atoms. The predicted octanol–water partition coefficient (Wildman–Crippen LogP) is 0.626. The van der Waals surface area contributed by atoms with Crippen molar-refractivity contribution in [1.82, 2.24) is 14.7 Å². The number of ether oxygens (including phenoxy) is 2. The van der Waals surface area contributed by atoms with Crippen molar-refractivity contribution in [2.24, 2.45) is 5.92 Å². The normalized spacial score (nSPS) is 27.5. The molecule has 0 unspecified atom stereocenters. The second-order valence-corrected chi connectivity index (χ2v) is 7.26. The number of nitrogens with zero attached hydrogens (tertiary/aromatic N) is 3. The average Bonchev–Trinajstić information content (AvgIpc) is 3.02. The van der Waals surface area contributed by atoms with Crippen molar-refractivity contribution in [1.29, 1.82) is 0 Å². The SMILES string of the molecule is CN1CCN(C(=O)CCN2CCC(C3(C)OCCO3)CC2)CC1. The Morgan fingerprint density at radius 2 is 1.65 bits per heavy atom. The van der Waals surface area contributed by atoms with Crippen molar-refractivity contribution in [2.45, 2.75) is 32.0 Å². The van der Waals surface area contributed by atoms with E-state index in [1.165, 1.54) is 0 Å². The van der Waals surface area contributed by atoms with Crippen LogP contribution in [0.2, 0.25) is 0 Å². The van der Waals surface area contributed by atoms with Crippen molar-refractivity contribution in [3.05, 3.63) is 0 Å². The fourth-order valence-electron chi connectivity index (χ4n) is 3.91. The fraction of sp³-hybridized carbons (Fsp3) is 0.941. The number of hydrogen-bond donors (Lipinski definition) is 0. The number of carbonyl (C=O) groups excluding carboxylic acids is 1. The largest absolute Gasteiger partial charge is 0.348 e. The Bertz CT molecular complexity index is 396. The zero-order valence-corrected chi connectivity index (χ0v) is 14.6. The maximum Gasteiger partial charge on any atom is 0.223 e. The van der Waals surface area contributed by atoms with Gasteiger partial charge in [0.05, 0.1) is 13.2 Å². The van der Waals surface area contributed by atoms with Gasteiger partial charge in [0.25, 0.3) is 0 Å². The Hall–Kier alpha value is -0.690. The summed E-state index contributed by atoms with van der Waals surface area (Å²) in [5.41, 5.74) is 0. The van der Waals surface area contributed by atoms with Crippen LogP contribution in [-0.2, 0) is 14.3 Å². The first kappa shape index (κ1) is 17.1. The first-order chi connectivity index (χ1) is 11.1. The number of piperazine rings is 1. The minimum Gasteiger partial charge on any atom is -0.348 e. The molecule has 0 bridgehead atoms. The van der Waals surface area contributed by atoms with Gasteiger partial charge in [-0.1, -0.05) is 0 Å². The maximum absolute atomic E-state index is 12.3. The molecule has 3 aliphatic rings. The van der Waals surface area contributed by atoms with Gasteiger partial charge in [-0.2, -0.15) is 0 Å². The Morgan fingerprint density at radius 3 is 2.26 bits per heavy atom. The van der Waals surface area contributed by atoms with Crippen LogP contribution in [0, 0.1) is 5.92 Å². The molecule has 0 aromatic carbocycles. The molecule has 0 spiro atoms. The highest BCUT2D eigenvalue weighted by atomic mass is 16.7. The Morgan fingerprint density at radius 1 is 1.04 bits per heavy atom. The highest BCUT2D eigenvalue weighted by Crippen LogP contribution is 2.34. The number of piperidine rings is 1. The Labute approximate surface area is 139 Å². The first-order valence-electron chi connectivity index (χ1n) is 9.03. The molecule has 0 aliphatic carbocycles. The summed E-state index contributed by atoms with van der Waals surface area (Å²) in [7, 11) is 2.12. The van der Waals surface area contributed by atoms with Crippen LogP contribution in [0.5, 0.6) is 0 Å². The monoisotopic (exact) mass is 325 g/mol. The highest BCUT2D eigenvalue weighted by Gasteiger charge is 2.41. The van der Waals surface area contributed by atoms with Crippen LogP contribution in [0.4, 0.5) is 0 Å². The molecular formula is C17H31N3O3. The van der Waals surface area contributed by atoms with Crippen LogP contribution in [0.1, 0.15) is 26.2 Å². The zero-order chi connectivity index (χ0) is 16.3. The fourth-order valence-corrected chi connectivity index (χ4v) is 3.91. The molecule has 3 aliphatic heterocycles. The number of likely N-dealkylation sites (N-methyl/N-ethyl adjacent to an activating group) is 1. The summed E-state index contributed by atoms with van der Waals surface area (Å²) in [5, 5.41) is 0. The number of likely N-dealkylation sites (tertiary alicyclic amines) is 1. The van der Waals surface area contributed by atoms with E-state index >= 15 is 0 Å². The molecule has 1 amide bonds. The van der Waals surface area contributed by atoms with E-state index in [0.29, 0.717) is 18.2 Å². The van der Waals surface area contributed by atoms with Crippen LogP contribution in [0.25, 0.3) is 0 Å². The van der Waals surface area contributed by atoms with Crippen LogP contribution < -0.4 is 0 Å². The first-order valence-corrected chi connectivity index (χ1v) is 9.03. The van der Waals surface area contributed by atoms with Gasteiger partial charge in [0.15, 0.2) is 5.79 Å². The second kappa shape index (κ2) is 7.47. The van der Waals surface area contributed by atoms with E-state index in [2.05, 4.69) is 23.8 Å². The lowest BCUT2D eigenvalue weighted by molar-refractivity contribution is -0.190. The highest BCUT2D eigenvalue weighted by molar-refractivity contribution is 5.76. The van der Waals surface area contributed by atoms with Crippen molar-refractivity contribution in [3.63, 3.8) is 0 Å². The summed E-state index contributed by atoms with van der Waals surface area (Å²) in [6, 6.07) is 0. The van der Waals surface area contributed by atoms with E-state index in [9.17, 15) is 4.79 Å². The van der Waals surface area contributed by atoms with Gasteiger partial charge in [0.1, 0.15) is 0 Å². The van der Waals surface area contributed by atoms with E-state index in [-0.39, 0.29) is 5.79 Å². The number of carbonyl (C=O) groups is 1. The van der Waals surface area contributed by atoms with Gasteiger partial charge in [0.2, 0.25) is 5.91 Å². The van der Waals surface area contributed by atoms with Crippen molar-refractivity contribution in [3.8, 4) is 0 Å². The second-order valence-electron chi connectivity index (χ2n) is 7.26. The van der Waals surface area contributed by atoms with E-state index < -0.39 is 0 Å². The lowest BCUT2D eigenvalue weighted by atomic mass is 9.89. The molecule has 0 N–H and O–H groups in total. The average molecular weight is 325 g/mol. The van der Waals surface area contributed by atoms with Crippen molar-refractivity contribution < 1.29 is 14.3 Å². The molecule has 6 nitrogen and oxygen atoms in total. The van der Waals surface area contributed by atoms with Crippen LogP contribution >= 0.6 is 0 Å². The van der Waals surface area contributed by atoms with E-state index in [4.69, 9.17) is 9.47 Å². The molecule has 0 aromatic rings. The van der Waals surface area contributed by atoms with Gasteiger partial charge in [-0.05, 0) is 39.9 Å². The molecular weight excluding hydrogens is 294 g/mol. The molecule has 132 valence electrons. The van der Waals surface area contributed by atoms with Gasteiger partial charge in [-0.15, -0.1) is 0 Å². The van der Waals surface area contributed by atoms with Gasteiger partial charge in [-0.25, -0.2) is 0 Å². The molecule has 3 fully saturated rings. The van der Waals surface area contributed by atoms with Gasteiger partial charge < -0.3 is 24.2 Å². The third-order valence-corrected chi connectivity index (χ3v) is 5.69. The third kappa shape index (κ3) is 4.24. The summed E-state index contributed by atoms with van der Waals surface area (Å²) >= 11 is 0. The molecule has 6 heteroatoms. The number of rotatable bonds is 4. The van der Waals surface area contributed by atoms with Crippen LogP contribution in [0.3, 0.4) is 0 Å². The minimum atomic E-state index is -0.373. The summed E-state index contributed by atoms with van der Waals surface area (Å²) in [5.74, 6) is 0.422. The molecule has 0 radical (unpaired) electrons. The molecule has 0 atom stereocenters. The molecule has 0 aromatic heterocycles. The van der Waals surface area contributed by atoms with Crippen molar-refractivity contribution in [2.75, 3.05) is 66.1 Å². The molecule has 0 saturated carbocycles. The summed E-state index contributed by atoms with van der Waals surface area (Å²) < 4.78 is 11.6. The quantitative estimate of drug-likeness (QED) is 0.758. The van der Waals surface area contributed by atoms with Crippen LogP contribution in [0.15, 0.2) is 0 Å². The zero-order valence-electron chi connectivity index (χ0n) is 14.6. The molecule has 3 saturated heterocycles. The van der Waals surface area contributed by atoms with Gasteiger partial charge in [-0.3, -0.25) is 4.79 Å². The maximum atomic E-state index is 12.3. The minimum absolute atomic E-state index is 0.314. The predicted molar refractivity (Wildman–Crippen MR) is 88.2 cm³/mol. The lowest BCUT2D eigenvalue weighted by Crippen LogP contribution is -2.48. The van der Waals surface area contributed by atoms with Crippen molar-refractivity contribution >= 4 is 5.91 Å². The van der Waals surface area contributed by atoms with Gasteiger partial charge in [0, 0.05) is 45.1 Å². The Balaban J connectivity index is 1.37.